The lowest BCUT2D eigenvalue weighted by atomic mass is 10.1. The summed E-state index contributed by atoms with van der Waals surface area (Å²) in [7, 11) is 1.47. The number of hydrogen-bond acceptors (Lipinski definition) is 5. The van der Waals surface area contributed by atoms with E-state index in [1.54, 1.807) is 17.8 Å². The maximum Gasteiger partial charge on any atom is 0.280 e. The molecule has 0 saturated carbocycles. The Hall–Kier alpha value is -3.13. The summed E-state index contributed by atoms with van der Waals surface area (Å²) in [6, 6.07) is 9.38. The second-order valence-corrected chi connectivity index (χ2v) is 6.86. The van der Waals surface area contributed by atoms with Crippen LogP contribution < -0.4 is 15.8 Å². The number of nitrogens with one attached hydrogen (secondary N) is 1. The molecule has 0 bridgehead atoms. The van der Waals surface area contributed by atoms with Crippen molar-refractivity contribution in [2.24, 2.45) is 5.73 Å². The van der Waals surface area contributed by atoms with Gasteiger partial charge in [-0.3, -0.25) is 9.59 Å². The molecule has 0 aliphatic heterocycles. The van der Waals surface area contributed by atoms with E-state index in [1.807, 2.05) is 37.3 Å². The molecule has 2 aromatic heterocycles. The minimum Gasteiger partial charge on any atom is -0.493 e. The predicted molar refractivity (Wildman–Crippen MR) is 100 cm³/mol. The van der Waals surface area contributed by atoms with Gasteiger partial charge in [-0.05, 0) is 31.5 Å². The van der Waals surface area contributed by atoms with Crippen LogP contribution in [0.1, 0.15) is 31.3 Å². The number of rotatable bonds is 5. The van der Waals surface area contributed by atoms with Crippen LogP contribution in [-0.2, 0) is 0 Å². The zero-order chi connectivity index (χ0) is 18.8. The number of anilines is 1. The SMILES string of the molecule is COc1cn(-c2ccccc2)nc1C(=O)Nc1sc(C)c(C)c1C(N)=O. The molecule has 0 atom stereocenters. The van der Waals surface area contributed by atoms with E-state index in [0.29, 0.717) is 16.3 Å². The third-order valence-corrected chi connectivity index (χ3v) is 5.12. The molecule has 0 unspecified atom stereocenters. The van der Waals surface area contributed by atoms with Crippen molar-refractivity contribution in [3.8, 4) is 11.4 Å². The molecule has 3 aromatic rings. The summed E-state index contributed by atoms with van der Waals surface area (Å²) in [5.74, 6) is -0.721. The van der Waals surface area contributed by atoms with E-state index < -0.39 is 11.8 Å². The van der Waals surface area contributed by atoms with Crippen LogP contribution in [0.4, 0.5) is 5.00 Å². The highest BCUT2D eigenvalue weighted by Crippen LogP contribution is 2.33. The normalized spacial score (nSPS) is 10.6. The number of thiophene rings is 1. The first-order chi connectivity index (χ1) is 12.4. The summed E-state index contributed by atoms with van der Waals surface area (Å²) in [6.45, 7) is 3.67. The highest BCUT2D eigenvalue weighted by atomic mass is 32.1. The van der Waals surface area contributed by atoms with Crippen molar-refractivity contribution in [1.82, 2.24) is 9.78 Å². The van der Waals surface area contributed by atoms with E-state index in [1.165, 1.54) is 18.4 Å². The number of benzene rings is 1. The van der Waals surface area contributed by atoms with Crippen LogP contribution in [-0.4, -0.2) is 28.7 Å². The predicted octanol–water partition coefficient (Wildman–Crippen LogP) is 2.91. The number of para-hydroxylation sites is 1. The Kier molecular flexibility index (Phi) is 4.77. The number of amides is 2. The number of carbonyl (C=O) groups excluding carboxylic acids is 2. The fraction of sp³-hybridized carbons (Fsp3) is 0.167. The number of nitrogens with two attached hydrogens (primary N) is 1. The minimum absolute atomic E-state index is 0.121. The van der Waals surface area contributed by atoms with E-state index in [0.717, 1.165) is 16.1 Å². The van der Waals surface area contributed by atoms with Crippen molar-refractivity contribution in [2.45, 2.75) is 13.8 Å². The Labute approximate surface area is 154 Å². The van der Waals surface area contributed by atoms with Crippen LogP contribution >= 0.6 is 11.3 Å². The lowest BCUT2D eigenvalue weighted by molar-refractivity contribution is 0.100. The number of aromatic nitrogens is 2. The van der Waals surface area contributed by atoms with Crippen LogP contribution in [0.15, 0.2) is 36.5 Å². The Morgan fingerprint density at radius 3 is 2.54 bits per heavy atom. The van der Waals surface area contributed by atoms with Gasteiger partial charge < -0.3 is 15.8 Å². The molecule has 0 aliphatic carbocycles. The van der Waals surface area contributed by atoms with Gasteiger partial charge in [0.25, 0.3) is 11.8 Å². The van der Waals surface area contributed by atoms with Gasteiger partial charge in [0.1, 0.15) is 5.00 Å². The van der Waals surface area contributed by atoms with E-state index in [-0.39, 0.29) is 5.69 Å². The molecule has 0 fully saturated rings. The van der Waals surface area contributed by atoms with Crippen LogP contribution in [0.3, 0.4) is 0 Å². The molecule has 134 valence electrons. The molecule has 8 heteroatoms. The Morgan fingerprint density at radius 2 is 1.92 bits per heavy atom. The van der Waals surface area contributed by atoms with Crippen molar-refractivity contribution in [3.63, 3.8) is 0 Å². The molecule has 7 nitrogen and oxygen atoms in total. The Bertz CT molecular complexity index is 976. The summed E-state index contributed by atoms with van der Waals surface area (Å²) in [6.07, 6.45) is 1.63. The molecule has 0 saturated heterocycles. The number of primary amides is 1. The molecule has 26 heavy (non-hydrogen) atoms. The van der Waals surface area contributed by atoms with Gasteiger partial charge in [0.2, 0.25) is 0 Å². The van der Waals surface area contributed by atoms with Crippen molar-refractivity contribution in [3.05, 3.63) is 58.2 Å². The quantitative estimate of drug-likeness (QED) is 0.721. The summed E-state index contributed by atoms with van der Waals surface area (Å²) in [4.78, 5) is 25.4. The van der Waals surface area contributed by atoms with Crippen LogP contribution in [0.5, 0.6) is 5.75 Å². The lowest BCUT2D eigenvalue weighted by Gasteiger charge is -2.04. The highest BCUT2D eigenvalue weighted by molar-refractivity contribution is 7.16. The van der Waals surface area contributed by atoms with Crippen molar-refractivity contribution in [2.75, 3.05) is 12.4 Å². The lowest BCUT2D eigenvalue weighted by Crippen LogP contribution is -2.18. The molecule has 1 aromatic carbocycles. The van der Waals surface area contributed by atoms with Crippen LogP contribution in [0, 0.1) is 13.8 Å². The molecule has 0 spiro atoms. The van der Waals surface area contributed by atoms with E-state index in [2.05, 4.69) is 10.4 Å². The summed E-state index contributed by atoms with van der Waals surface area (Å²) >= 11 is 1.30. The van der Waals surface area contributed by atoms with Gasteiger partial charge in [-0.25, -0.2) is 4.68 Å². The molecule has 3 N–H and O–H groups in total. The topological polar surface area (TPSA) is 99.2 Å². The zero-order valence-electron chi connectivity index (χ0n) is 14.6. The average Bonchev–Trinajstić information content (AvgIpc) is 3.17. The molecule has 3 rings (SSSR count). The monoisotopic (exact) mass is 370 g/mol. The second-order valence-electron chi connectivity index (χ2n) is 5.63. The van der Waals surface area contributed by atoms with Gasteiger partial charge >= 0.3 is 0 Å². The molecular formula is C18H18N4O3S. The number of ether oxygens (including phenoxy) is 1. The van der Waals surface area contributed by atoms with Gasteiger partial charge in [0, 0.05) is 4.88 Å². The van der Waals surface area contributed by atoms with Crippen molar-refractivity contribution in [1.29, 1.82) is 0 Å². The summed E-state index contributed by atoms with van der Waals surface area (Å²) in [5, 5.41) is 7.46. The molecule has 2 amide bonds. The van der Waals surface area contributed by atoms with Gasteiger partial charge in [0.05, 0.1) is 24.6 Å². The first-order valence-corrected chi connectivity index (χ1v) is 8.64. The first-order valence-electron chi connectivity index (χ1n) is 7.82. The van der Waals surface area contributed by atoms with E-state index >= 15 is 0 Å². The fourth-order valence-corrected chi connectivity index (χ4v) is 3.61. The Balaban J connectivity index is 1.95. The molecule has 0 radical (unpaired) electrons. The fourth-order valence-electron chi connectivity index (χ4n) is 2.55. The summed E-state index contributed by atoms with van der Waals surface area (Å²) in [5.41, 5.74) is 7.45. The van der Waals surface area contributed by atoms with Gasteiger partial charge in [-0.15, -0.1) is 11.3 Å². The standard InChI is InChI=1S/C18H18N4O3S/c1-10-11(2)26-18(14(10)16(19)23)20-17(24)15-13(25-3)9-22(21-15)12-7-5-4-6-8-12/h4-9H,1-3H3,(H2,19,23)(H,20,24). The van der Waals surface area contributed by atoms with Gasteiger partial charge in [0.15, 0.2) is 11.4 Å². The highest BCUT2D eigenvalue weighted by Gasteiger charge is 2.23. The van der Waals surface area contributed by atoms with Crippen molar-refractivity contribution >= 4 is 28.2 Å². The number of hydrogen-bond donors (Lipinski definition) is 2. The number of aryl methyl sites for hydroxylation is 1. The maximum absolute atomic E-state index is 12.7. The third-order valence-electron chi connectivity index (χ3n) is 4.00. The first kappa shape index (κ1) is 17.7. The van der Waals surface area contributed by atoms with Crippen LogP contribution in [0.2, 0.25) is 0 Å². The van der Waals surface area contributed by atoms with Gasteiger partial charge in [-0.1, -0.05) is 18.2 Å². The average molecular weight is 370 g/mol. The number of nitrogens with zero attached hydrogens (tertiary/aromatic N) is 2. The van der Waals surface area contributed by atoms with Crippen LogP contribution in [0.25, 0.3) is 5.69 Å². The smallest absolute Gasteiger partial charge is 0.280 e. The number of methoxy groups -OCH3 is 1. The minimum atomic E-state index is -0.580. The summed E-state index contributed by atoms with van der Waals surface area (Å²) < 4.78 is 6.84. The molecular weight excluding hydrogens is 352 g/mol. The van der Waals surface area contributed by atoms with E-state index in [9.17, 15) is 9.59 Å². The van der Waals surface area contributed by atoms with E-state index in [4.69, 9.17) is 10.5 Å². The van der Waals surface area contributed by atoms with Gasteiger partial charge in [-0.2, -0.15) is 5.10 Å². The largest absolute Gasteiger partial charge is 0.493 e. The zero-order valence-corrected chi connectivity index (χ0v) is 15.4. The molecule has 2 heterocycles. The second kappa shape index (κ2) is 7.01. The molecule has 0 aliphatic rings. The maximum atomic E-state index is 12.7. The van der Waals surface area contributed by atoms with Crippen molar-refractivity contribution < 1.29 is 14.3 Å². The third kappa shape index (κ3) is 3.18. The Morgan fingerprint density at radius 1 is 1.23 bits per heavy atom. The number of carbonyl (C=O) groups is 2.